The zero-order valence-electron chi connectivity index (χ0n) is 10.1. The lowest BCUT2D eigenvalue weighted by Gasteiger charge is -2.10. The zero-order valence-corrected chi connectivity index (χ0v) is 10.9. The molecule has 100 valence electrons. The molecule has 0 spiro atoms. The van der Waals surface area contributed by atoms with E-state index in [4.69, 9.17) is 11.6 Å². The largest absolute Gasteiger partial charge is 0.381 e. The molecule has 2 aromatic carbocycles. The summed E-state index contributed by atoms with van der Waals surface area (Å²) in [6.45, 7) is 2.05. The maximum absolute atomic E-state index is 13.0. The Hall–Kier alpha value is -1.68. The SMILES string of the molecule is Cc1cc(Cl)ccc1NCc1cc(F)c(F)c(F)c1. The summed E-state index contributed by atoms with van der Waals surface area (Å²) >= 11 is 5.82. The highest BCUT2D eigenvalue weighted by Crippen LogP contribution is 2.21. The molecule has 0 unspecified atom stereocenters. The van der Waals surface area contributed by atoms with Gasteiger partial charge in [-0.3, -0.25) is 0 Å². The second kappa shape index (κ2) is 5.53. The molecule has 0 bridgehead atoms. The van der Waals surface area contributed by atoms with E-state index in [1.54, 1.807) is 18.2 Å². The van der Waals surface area contributed by atoms with Crippen molar-refractivity contribution in [1.82, 2.24) is 0 Å². The maximum Gasteiger partial charge on any atom is 0.194 e. The molecule has 0 fully saturated rings. The molecule has 0 saturated heterocycles. The average Bonchev–Trinajstić information content (AvgIpc) is 2.34. The fourth-order valence-electron chi connectivity index (χ4n) is 1.73. The summed E-state index contributed by atoms with van der Waals surface area (Å²) < 4.78 is 38.9. The van der Waals surface area contributed by atoms with E-state index >= 15 is 0 Å². The van der Waals surface area contributed by atoms with Crippen LogP contribution in [-0.4, -0.2) is 0 Å². The van der Waals surface area contributed by atoms with Gasteiger partial charge in [0.25, 0.3) is 0 Å². The molecule has 1 nitrogen and oxygen atoms in total. The van der Waals surface area contributed by atoms with Gasteiger partial charge in [0.15, 0.2) is 17.5 Å². The van der Waals surface area contributed by atoms with E-state index in [1.165, 1.54) is 0 Å². The topological polar surface area (TPSA) is 12.0 Å². The molecule has 2 aromatic rings. The van der Waals surface area contributed by atoms with Gasteiger partial charge in [-0.2, -0.15) is 0 Å². The van der Waals surface area contributed by atoms with Crippen LogP contribution in [0.2, 0.25) is 5.02 Å². The Kier molecular flexibility index (Phi) is 4.00. The van der Waals surface area contributed by atoms with Gasteiger partial charge in [-0.15, -0.1) is 0 Å². The van der Waals surface area contributed by atoms with Crippen molar-refractivity contribution in [3.05, 3.63) is 63.9 Å². The van der Waals surface area contributed by atoms with Crippen molar-refractivity contribution in [3.8, 4) is 0 Å². The van der Waals surface area contributed by atoms with Gasteiger partial charge in [-0.1, -0.05) is 11.6 Å². The van der Waals surface area contributed by atoms with Crippen molar-refractivity contribution >= 4 is 17.3 Å². The Balaban J connectivity index is 2.14. The molecule has 0 saturated carbocycles. The number of benzene rings is 2. The molecule has 19 heavy (non-hydrogen) atoms. The van der Waals surface area contributed by atoms with Gasteiger partial charge in [-0.05, 0) is 48.4 Å². The normalized spacial score (nSPS) is 10.6. The lowest BCUT2D eigenvalue weighted by molar-refractivity contribution is 0.445. The third kappa shape index (κ3) is 3.20. The van der Waals surface area contributed by atoms with Crippen LogP contribution in [0.15, 0.2) is 30.3 Å². The fraction of sp³-hybridized carbons (Fsp3) is 0.143. The molecule has 1 N–H and O–H groups in total. The summed E-state index contributed by atoms with van der Waals surface area (Å²) in [6.07, 6.45) is 0. The van der Waals surface area contributed by atoms with Crippen LogP contribution in [0.25, 0.3) is 0 Å². The lowest BCUT2D eigenvalue weighted by Crippen LogP contribution is -2.03. The Morgan fingerprint density at radius 2 is 1.68 bits per heavy atom. The van der Waals surface area contributed by atoms with Gasteiger partial charge in [-0.25, -0.2) is 13.2 Å². The van der Waals surface area contributed by atoms with E-state index in [0.717, 1.165) is 23.4 Å². The van der Waals surface area contributed by atoms with E-state index in [2.05, 4.69) is 5.32 Å². The molecule has 5 heteroatoms. The second-order valence-corrected chi connectivity index (χ2v) is 4.62. The molecule has 2 rings (SSSR count). The molecule has 0 amide bonds. The minimum Gasteiger partial charge on any atom is -0.381 e. The first-order valence-corrected chi connectivity index (χ1v) is 5.98. The fourth-order valence-corrected chi connectivity index (χ4v) is 1.96. The number of hydrogen-bond acceptors (Lipinski definition) is 1. The van der Waals surface area contributed by atoms with E-state index in [-0.39, 0.29) is 6.54 Å². The molecule has 0 radical (unpaired) electrons. The van der Waals surface area contributed by atoms with Crippen molar-refractivity contribution in [3.63, 3.8) is 0 Å². The Labute approximate surface area is 114 Å². The quantitative estimate of drug-likeness (QED) is 0.808. The summed E-state index contributed by atoms with van der Waals surface area (Å²) in [5, 5.41) is 3.63. The van der Waals surface area contributed by atoms with Crippen LogP contribution in [-0.2, 0) is 6.54 Å². The lowest BCUT2D eigenvalue weighted by atomic mass is 10.1. The van der Waals surface area contributed by atoms with Crippen molar-refractivity contribution in [2.75, 3.05) is 5.32 Å². The number of hydrogen-bond donors (Lipinski definition) is 1. The predicted octanol–water partition coefficient (Wildman–Crippen LogP) is 4.68. The van der Waals surface area contributed by atoms with Crippen LogP contribution in [0.1, 0.15) is 11.1 Å². The van der Waals surface area contributed by atoms with Gasteiger partial charge in [0, 0.05) is 17.3 Å². The molecular formula is C14H11ClF3N. The van der Waals surface area contributed by atoms with Gasteiger partial charge < -0.3 is 5.32 Å². The van der Waals surface area contributed by atoms with E-state index < -0.39 is 17.5 Å². The summed E-state index contributed by atoms with van der Waals surface area (Å²) in [6, 6.07) is 7.19. The summed E-state index contributed by atoms with van der Waals surface area (Å²) in [7, 11) is 0. The van der Waals surface area contributed by atoms with Gasteiger partial charge in [0.05, 0.1) is 0 Å². The van der Waals surface area contributed by atoms with Gasteiger partial charge in [0.1, 0.15) is 0 Å². The first kappa shape index (κ1) is 13.7. The maximum atomic E-state index is 13.0. The average molecular weight is 286 g/mol. The third-order valence-corrected chi connectivity index (χ3v) is 2.95. The zero-order chi connectivity index (χ0) is 14.0. The first-order valence-electron chi connectivity index (χ1n) is 5.61. The van der Waals surface area contributed by atoms with Crippen LogP contribution < -0.4 is 5.32 Å². The van der Waals surface area contributed by atoms with Gasteiger partial charge >= 0.3 is 0 Å². The highest BCUT2D eigenvalue weighted by atomic mass is 35.5. The first-order chi connectivity index (χ1) is 8.97. The van der Waals surface area contributed by atoms with Gasteiger partial charge in [0.2, 0.25) is 0 Å². The van der Waals surface area contributed by atoms with E-state index in [0.29, 0.717) is 10.6 Å². The van der Waals surface area contributed by atoms with E-state index in [9.17, 15) is 13.2 Å². The Morgan fingerprint density at radius 1 is 1.05 bits per heavy atom. The molecule has 0 aromatic heterocycles. The standard InChI is InChI=1S/C14H11ClF3N/c1-8-4-10(15)2-3-13(8)19-7-9-5-11(16)14(18)12(17)6-9/h2-6,19H,7H2,1H3. The minimum atomic E-state index is -1.45. The van der Waals surface area contributed by atoms with E-state index in [1.807, 2.05) is 6.92 Å². The Bertz CT molecular complexity index is 591. The molecule has 0 aliphatic heterocycles. The van der Waals surface area contributed by atoms with Crippen LogP contribution >= 0.6 is 11.6 Å². The van der Waals surface area contributed by atoms with Crippen molar-refractivity contribution < 1.29 is 13.2 Å². The summed E-state index contributed by atoms with van der Waals surface area (Å²) in [5.74, 6) is -3.83. The minimum absolute atomic E-state index is 0.191. The highest BCUT2D eigenvalue weighted by molar-refractivity contribution is 6.30. The van der Waals surface area contributed by atoms with Crippen molar-refractivity contribution in [2.24, 2.45) is 0 Å². The smallest absolute Gasteiger partial charge is 0.194 e. The van der Waals surface area contributed by atoms with Crippen LogP contribution in [0, 0.1) is 24.4 Å². The van der Waals surface area contributed by atoms with Crippen LogP contribution in [0.5, 0.6) is 0 Å². The molecule has 0 aliphatic carbocycles. The number of nitrogens with one attached hydrogen (secondary N) is 1. The molecule has 0 atom stereocenters. The summed E-state index contributed by atoms with van der Waals surface area (Å²) in [4.78, 5) is 0. The number of aryl methyl sites for hydroxylation is 1. The highest BCUT2D eigenvalue weighted by Gasteiger charge is 2.10. The molecule has 0 heterocycles. The van der Waals surface area contributed by atoms with Crippen LogP contribution in [0.4, 0.5) is 18.9 Å². The number of halogens is 4. The molecular weight excluding hydrogens is 275 g/mol. The predicted molar refractivity (Wildman–Crippen MR) is 69.8 cm³/mol. The third-order valence-electron chi connectivity index (χ3n) is 2.72. The van der Waals surface area contributed by atoms with Crippen molar-refractivity contribution in [2.45, 2.75) is 13.5 Å². The Morgan fingerprint density at radius 3 is 2.26 bits per heavy atom. The molecule has 0 aliphatic rings. The number of rotatable bonds is 3. The van der Waals surface area contributed by atoms with Crippen molar-refractivity contribution in [1.29, 1.82) is 0 Å². The summed E-state index contributed by atoms with van der Waals surface area (Å²) in [5.41, 5.74) is 2.04. The monoisotopic (exact) mass is 285 g/mol. The second-order valence-electron chi connectivity index (χ2n) is 4.19. The van der Waals surface area contributed by atoms with Crippen LogP contribution in [0.3, 0.4) is 0 Å². The number of anilines is 1.